The zero-order valence-corrected chi connectivity index (χ0v) is 12.8. The van der Waals surface area contributed by atoms with Crippen LogP contribution in [0.2, 0.25) is 0 Å². The Balaban J connectivity index is 2.56. The van der Waals surface area contributed by atoms with E-state index in [1.54, 1.807) is 25.3 Å². The Bertz CT molecular complexity index is 533. The normalized spacial score (nSPS) is 9.57. The van der Waals surface area contributed by atoms with E-state index in [4.69, 9.17) is 9.47 Å². The Morgan fingerprint density at radius 1 is 1.24 bits per heavy atom. The van der Waals surface area contributed by atoms with Gasteiger partial charge in [0.15, 0.2) is 11.5 Å². The number of carbonyl (C=O) groups excluding carboxylic acids is 1. The fraction of sp³-hybridized carbons (Fsp3) is 0.400. The molecule has 6 nitrogen and oxygen atoms in total. The number of nitrogens with zero attached hydrogens (tertiary/aromatic N) is 1. The molecule has 2 amide bonds. The van der Waals surface area contributed by atoms with Gasteiger partial charge < -0.3 is 20.1 Å². The number of carbonyl (C=O) groups is 1. The van der Waals surface area contributed by atoms with E-state index in [2.05, 4.69) is 22.5 Å². The van der Waals surface area contributed by atoms with Crippen LogP contribution in [0.4, 0.5) is 10.5 Å². The van der Waals surface area contributed by atoms with Gasteiger partial charge in [-0.2, -0.15) is 0 Å². The molecule has 0 saturated heterocycles. The molecule has 0 saturated carbocycles. The van der Waals surface area contributed by atoms with Crippen LogP contribution >= 0.6 is 0 Å². The molecular weight excluding hydrogens is 270 g/mol. The smallest absolute Gasteiger partial charge is 0.320 e. The molecule has 1 rings (SSSR count). The first-order valence-corrected chi connectivity index (χ1v) is 6.44. The van der Waals surface area contributed by atoms with Crippen LogP contribution in [-0.2, 0) is 0 Å². The third-order valence-electron chi connectivity index (χ3n) is 2.51. The number of urea groups is 1. The summed E-state index contributed by atoms with van der Waals surface area (Å²) in [5.41, 5.74) is 0.538. The van der Waals surface area contributed by atoms with E-state index in [9.17, 15) is 4.79 Å². The molecule has 0 unspecified atom stereocenters. The SMILES string of the molecule is COc1cccc(NC(=O)NCC#CCN(C)C)c1OC. The molecule has 1 aromatic rings. The minimum atomic E-state index is -0.347. The number of hydrogen-bond acceptors (Lipinski definition) is 4. The number of nitrogens with one attached hydrogen (secondary N) is 2. The van der Waals surface area contributed by atoms with Gasteiger partial charge in [-0.1, -0.05) is 17.9 Å². The summed E-state index contributed by atoms with van der Waals surface area (Å²) in [6, 6.07) is 4.92. The molecule has 0 radical (unpaired) electrons. The predicted octanol–water partition coefficient (Wildman–Crippen LogP) is 1.39. The first-order valence-electron chi connectivity index (χ1n) is 6.44. The molecule has 0 bridgehead atoms. The Labute approximate surface area is 125 Å². The second-order valence-corrected chi connectivity index (χ2v) is 4.44. The average Bonchev–Trinajstić information content (AvgIpc) is 2.46. The Hall–Kier alpha value is -2.39. The molecule has 21 heavy (non-hydrogen) atoms. The van der Waals surface area contributed by atoms with Crippen molar-refractivity contribution in [1.29, 1.82) is 0 Å². The maximum Gasteiger partial charge on any atom is 0.320 e. The molecule has 0 aliphatic carbocycles. The van der Waals surface area contributed by atoms with E-state index in [1.807, 2.05) is 19.0 Å². The molecular formula is C15H21N3O3. The van der Waals surface area contributed by atoms with Gasteiger partial charge in [0.05, 0.1) is 33.0 Å². The molecule has 6 heteroatoms. The molecule has 0 heterocycles. The second kappa shape index (κ2) is 8.72. The highest BCUT2D eigenvalue weighted by Crippen LogP contribution is 2.34. The van der Waals surface area contributed by atoms with Crippen LogP contribution in [0.3, 0.4) is 0 Å². The number of benzene rings is 1. The van der Waals surface area contributed by atoms with E-state index < -0.39 is 0 Å². The molecule has 114 valence electrons. The van der Waals surface area contributed by atoms with Crippen molar-refractivity contribution >= 4 is 11.7 Å². The van der Waals surface area contributed by atoms with Crippen LogP contribution in [0, 0.1) is 11.8 Å². The van der Waals surface area contributed by atoms with Gasteiger partial charge in [-0.15, -0.1) is 0 Å². The summed E-state index contributed by atoms with van der Waals surface area (Å²) in [6.07, 6.45) is 0. The molecule has 2 N–H and O–H groups in total. The van der Waals surface area contributed by atoms with Crippen LogP contribution in [0.5, 0.6) is 11.5 Å². The van der Waals surface area contributed by atoms with E-state index in [0.717, 1.165) is 0 Å². The van der Waals surface area contributed by atoms with Crippen molar-refractivity contribution in [1.82, 2.24) is 10.2 Å². The maximum atomic E-state index is 11.8. The summed E-state index contributed by atoms with van der Waals surface area (Å²) >= 11 is 0. The molecule has 0 aromatic heterocycles. The first kappa shape index (κ1) is 16.7. The van der Waals surface area contributed by atoms with Crippen LogP contribution < -0.4 is 20.1 Å². The Morgan fingerprint density at radius 2 is 2.00 bits per heavy atom. The molecule has 1 aromatic carbocycles. The van der Waals surface area contributed by atoms with Gasteiger partial charge in [0.2, 0.25) is 0 Å². The Kier molecular flexibility index (Phi) is 6.92. The largest absolute Gasteiger partial charge is 0.493 e. The number of rotatable bonds is 5. The van der Waals surface area contributed by atoms with Crippen molar-refractivity contribution < 1.29 is 14.3 Å². The Morgan fingerprint density at radius 3 is 2.62 bits per heavy atom. The standard InChI is InChI=1S/C15H21N3O3/c1-18(2)11-6-5-10-16-15(19)17-12-8-7-9-13(20-3)14(12)21-4/h7-9H,10-11H2,1-4H3,(H2,16,17,19). The third-order valence-corrected chi connectivity index (χ3v) is 2.51. The summed E-state index contributed by atoms with van der Waals surface area (Å²) in [5, 5.41) is 5.36. The fourth-order valence-corrected chi connectivity index (χ4v) is 1.55. The monoisotopic (exact) mass is 291 g/mol. The molecule has 0 aliphatic heterocycles. The van der Waals surface area contributed by atoms with Crippen molar-refractivity contribution in [3.8, 4) is 23.3 Å². The quantitative estimate of drug-likeness (QED) is 0.805. The average molecular weight is 291 g/mol. The predicted molar refractivity (Wildman–Crippen MR) is 82.9 cm³/mol. The zero-order valence-electron chi connectivity index (χ0n) is 12.8. The number of methoxy groups -OCH3 is 2. The van der Waals surface area contributed by atoms with Gasteiger partial charge in [-0.25, -0.2) is 4.79 Å². The molecule has 0 fully saturated rings. The third kappa shape index (κ3) is 5.63. The zero-order chi connectivity index (χ0) is 15.7. The summed E-state index contributed by atoms with van der Waals surface area (Å²) < 4.78 is 10.4. The van der Waals surface area contributed by atoms with Gasteiger partial charge in [-0.3, -0.25) is 4.90 Å². The van der Waals surface area contributed by atoms with Gasteiger partial charge in [0, 0.05) is 0 Å². The second-order valence-electron chi connectivity index (χ2n) is 4.44. The van der Waals surface area contributed by atoms with Crippen LogP contribution in [0.15, 0.2) is 18.2 Å². The van der Waals surface area contributed by atoms with Crippen molar-refractivity contribution in [2.45, 2.75) is 0 Å². The van der Waals surface area contributed by atoms with Crippen LogP contribution in [-0.4, -0.2) is 52.3 Å². The van der Waals surface area contributed by atoms with Gasteiger partial charge in [0.1, 0.15) is 0 Å². The van der Waals surface area contributed by atoms with Crippen molar-refractivity contribution in [2.75, 3.05) is 46.7 Å². The number of anilines is 1. The van der Waals surface area contributed by atoms with Crippen LogP contribution in [0.1, 0.15) is 0 Å². The summed E-state index contributed by atoms with van der Waals surface area (Å²) in [5.74, 6) is 6.84. The topological polar surface area (TPSA) is 62.8 Å². The lowest BCUT2D eigenvalue weighted by molar-refractivity contribution is 0.253. The maximum absolute atomic E-state index is 11.8. The minimum absolute atomic E-state index is 0.284. The van der Waals surface area contributed by atoms with Crippen molar-refractivity contribution in [3.63, 3.8) is 0 Å². The van der Waals surface area contributed by atoms with E-state index in [-0.39, 0.29) is 12.6 Å². The highest BCUT2D eigenvalue weighted by molar-refractivity contribution is 5.91. The number of ether oxygens (including phenoxy) is 2. The summed E-state index contributed by atoms with van der Waals surface area (Å²) in [7, 11) is 6.93. The fourth-order valence-electron chi connectivity index (χ4n) is 1.55. The van der Waals surface area contributed by atoms with Crippen molar-refractivity contribution in [2.24, 2.45) is 0 Å². The van der Waals surface area contributed by atoms with E-state index in [0.29, 0.717) is 23.7 Å². The molecule has 0 spiro atoms. The van der Waals surface area contributed by atoms with Crippen molar-refractivity contribution in [3.05, 3.63) is 18.2 Å². The van der Waals surface area contributed by atoms with E-state index >= 15 is 0 Å². The lowest BCUT2D eigenvalue weighted by Gasteiger charge is -2.13. The van der Waals surface area contributed by atoms with Gasteiger partial charge in [0.25, 0.3) is 0 Å². The number of para-hydroxylation sites is 1. The lowest BCUT2D eigenvalue weighted by atomic mass is 10.2. The minimum Gasteiger partial charge on any atom is -0.493 e. The van der Waals surface area contributed by atoms with Gasteiger partial charge >= 0.3 is 6.03 Å². The number of hydrogen-bond donors (Lipinski definition) is 2. The van der Waals surface area contributed by atoms with Gasteiger partial charge in [-0.05, 0) is 26.2 Å². The van der Waals surface area contributed by atoms with Crippen LogP contribution in [0.25, 0.3) is 0 Å². The lowest BCUT2D eigenvalue weighted by Crippen LogP contribution is -2.29. The summed E-state index contributed by atoms with van der Waals surface area (Å²) in [6.45, 7) is 0.943. The molecule has 0 atom stereocenters. The summed E-state index contributed by atoms with van der Waals surface area (Å²) in [4.78, 5) is 13.7. The van der Waals surface area contributed by atoms with E-state index in [1.165, 1.54) is 7.11 Å². The first-order chi connectivity index (χ1) is 10.1. The number of amides is 2. The highest BCUT2D eigenvalue weighted by Gasteiger charge is 2.11. The highest BCUT2D eigenvalue weighted by atomic mass is 16.5. The molecule has 0 aliphatic rings.